The third-order valence-electron chi connectivity index (χ3n) is 3.67. The lowest BCUT2D eigenvalue weighted by molar-refractivity contribution is 0.101. The molecule has 0 N–H and O–H groups in total. The lowest BCUT2D eigenvalue weighted by Gasteiger charge is -2.10. The van der Waals surface area contributed by atoms with E-state index in [9.17, 15) is 4.79 Å². The normalized spacial score (nSPS) is 14.3. The van der Waals surface area contributed by atoms with Crippen LogP contribution in [0.1, 0.15) is 22.8 Å². The van der Waals surface area contributed by atoms with Crippen LogP contribution < -0.4 is 18.9 Å². The first kappa shape index (κ1) is 15.9. The van der Waals surface area contributed by atoms with Crippen molar-refractivity contribution in [3.63, 3.8) is 0 Å². The molecule has 0 aromatic heterocycles. The average molecular weight is 326 g/mol. The molecule has 0 spiro atoms. The number of hydrogen-bond donors (Lipinski definition) is 0. The maximum atomic E-state index is 12.5. The minimum atomic E-state index is -0.169. The summed E-state index contributed by atoms with van der Waals surface area (Å²) in [4.78, 5) is 12.5. The fourth-order valence-electron chi connectivity index (χ4n) is 2.59. The number of fused-ring (bicyclic) bond motifs is 1. The largest absolute Gasteiger partial charge is 0.494 e. The van der Waals surface area contributed by atoms with Gasteiger partial charge in [0.05, 0.1) is 26.4 Å². The summed E-state index contributed by atoms with van der Waals surface area (Å²) >= 11 is 0. The van der Waals surface area contributed by atoms with Crippen LogP contribution in [-0.4, -0.2) is 26.6 Å². The number of Topliss-reactive ketones (excluding diaryl/α,β-unsaturated/α-hetero) is 1. The zero-order valence-electron chi connectivity index (χ0n) is 13.8. The van der Waals surface area contributed by atoms with Crippen LogP contribution in [0.4, 0.5) is 0 Å². The Kier molecular flexibility index (Phi) is 4.42. The van der Waals surface area contributed by atoms with Gasteiger partial charge in [0.25, 0.3) is 0 Å². The molecule has 0 unspecified atom stereocenters. The highest BCUT2D eigenvalue weighted by molar-refractivity contribution is 6.14. The molecule has 2 aromatic carbocycles. The van der Waals surface area contributed by atoms with Gasteiger partial charge < -0.3 is 18.9 Å². The highest BCUT2D eigenvalue weighted by atomic mass is 16.5. The van der Waals surface area contributed by atoms with E-state index in [1.165, 1.54) is 0 Å². The zero-order valence-corrected chi connectivity index (χ0v) is 13.8. The van der Waals surface area contributed by atoms with Crippen molar-refractivity contribution in [2.45, 2.75) is 6.92 Å². The lowest BCUT2D eigenvalue weighted by Crippen LogP contribution is -1.99. The molecule has 1 heterocycles. The van der Waals surface area contributed by atoms with Crippen LogP contribution in [0.5, 0.6) is 23.0 Å². The van der Waals surface area contributed by atoms with E-state index in [0.717, 1.165) is 0 Å². The second-order valence-electron chi connectivity index (χ2n) is 5.11. The Morgan fingerprint density at radius 3 is 2.67 bits per heavy atom. The van der Waals surface area contributed by atoms with Gasteiger partial charge in [-0.2, -0.15) is 0 Å². The van der Waals surface area contributed by atoms with E-state index in [4.69, 9.17) is 18.9 Å². The summed E-state index contributed by atoms with van der Waals surface area (Å²) in [5.74, 6) is 2.38. The number of carbonyl (C=O) groups excluding carboxylic acids is 1. The van der Waals surface area contributed by atoms with E-state index in [0.29, 0.717) is 40.7 Å². The molecule has 0 saturated heterocycles. The minimum Gasteiger partial charge on any atom is -0.494 e. The van der Waals surface area contributed by atoms with E-state index in [2.05, 4.69) is 0 Å². The number of ketones is 1. The third-order valence-corrected chi connectivity index (χ3v) is 3.67. The van der Waals surface area contributed by atoms with Crippen molar-refractivity contribution in [1.29, 1.82) is 0 Å². The van der Waals surface area contributed by atoms with E-state index in [1.54, 1.807) is 44.6 Å². The Morgan fingerprint density at radius 2 is 1.96 bits per heavy atom. The van der Waals surface area contributed by atoms with Gasteiger partial charge in [0, 0.05) is 11.6 Å². The molecule has 0 atom stereocenters. The molecule has 1 aliphatic heterocycles. The van der Waals surface area contributed by atoms with Gasteiger partial charge in [-0.15, -0.1) is 0 Å². The number of hydrogen-bond acceptors (Lipinski definition) is 5. The first-order valence-electron chi connectivity index (χ1n) is 7.60. The third kappa shape index (κ3) is 2.80. The van der Waals surface area contributed by atoms with Gasteiger partial charge in [0.1, 0.15) is 11.5 Å². The fraction of sp³-hybridized carbons (Fsp3) is 0.211. The molecular formula is C19H18O5. The summed E-state index contributed by atoms with van der Waals surface area (Å²) in [7, 11) is 3.12. The number of methoxy groups -OCH3 is 2. The standard InChI is InChI=1S/C19H18O5/c1-4-23-13-8-9-14-16(11-13)24-17(18(14)20)10-12-6-5-7-15(21-2)19(12)22-3/h5-11H,4H2,1-3H3/b17-10+. The number of carbonyl (C=O) groups is 1. The van der Waals surface area contributed by atoms with E-state index < -0.39 is 0 Å². The molecular weight excluding hydrogens is 308 g/mol. The van der Waals surface area contributed by atoms with Crippen LogP contribution in [-0.2, 0) is 0 Å². The van der Waals surface area contributed by atoms with E-state index in [1.807, 2.05) is 19.1 Å². The Hall–Kier alpha value is -2.95. The Labute approximate surface area is 140 Å². The molecule has 24 heavy (non-hydrogen) atoms. The van der Waals surface area contributed by atoms with Gasteiger partial charge in [-0.25, -0.2) is 0 Å². The SMILES string of the molecule is CCOc1ccc2c(c1)O/C(=C/c1cccc(OC)c1OC)C2=O. The van der Waals surface area contributed by atoms with Gasteiger partial charge in [-0.05, 0) is 31.2 Å². The molecule has 0 fully saturated rings. The van der Waals surface area contributed by atoms with Crippen LogP contribution in [0, 0.1) is 0 Å². The smallest absolute Gasteiger partial charge is 0.231 e. The lowest BCUT2D eigenvalue weighted by atomic mass is 10.1. The maximum absolute atomic E-state index is 12.5. The van der Waals surface area contributed by atoms with Gasteiger partial charge in [0.2, 0.25) is 5.78 Å². The summed E-state index contributed by atoms with van der Waals surface area (Å²) in [6.07, 6.45) is 1.66. The fourth-order valence-corrected chi connectivity index (χ4v) is 2.59. The molecule has 124 valence electrons. The minimum absolute atomic E-state index is 0.169. The van der Waals surface area contributed by atoms with Crippen molar-refractivity contribution in [2.75, 3.05) is 20.8 Å². The van der Waals surface area contributed by atoms with Crippen molar-refractivity contribution in [3.05, 3.63) is 53.3 Å². The predicted octanol–water partition coefficient (Wildman–Crippen LogP) is 3.72. The molecule has 0 saturated carbocycles. The summed E-state index contributed by atoms with van der Waals surface area (Å²) in [6.45, 7) is 2.45. The van der Waals surface area contributed by atoms with Crippen LogP contribution in [0.25, 0.3) is 6.08 Å². The number of benzene rings is 2. The second-order valence-corrected chi connectivity index (χ2v) is 5.11. The molecule has 1 aliphatic rings. The van der Waals surface area contributed by atoms with Gasteiger partial charge in [-0.1, -0.05) is 12.1 Å². The molecule has 0 amide bonds. The Balaban J connectivity index is 1.97. The second kappa shape index (κ2) is 6.66. The predicted molar refractivity (Wildman–Crippen MR) is 90.1 cm³/mol. The molecule has 5 nitrogen and oxygen atoms in total. The Morgan fingerprint density at radius 1 is 1.12 bits per heavy atom. The summed E-state index contributed by atoms with van der Waals surface area (Å²) in [5, 5.41) is 0. The van der Waals surface area contributed by atoms with E-state index >= 15 is 0 Å². The molecule has 0 aliphatic carbocycles. The molecule has 0 bridgehead atoms. The highest BCUT2D eigenvalue weighted by Crippen LogP contribution is 2.37. The molecule has 2 aromatic rings. The summed E-state index contributed by atoms with van der Waals surface area (Å²) in [5.41, 5.74) is 1.23. The molecule has 3 rings (SSSR count). The van der Waals surface area contributed by atoms with Crippen LogP contribution in [0.15, 0.2) is 42.2 Å². The molecule has 5 heteroatoms. The number of allylic oxidation sites excluding steroid dienone is 1. The number of rotatable bonds is 5. The maximum Gasteiger partial charge on any atom is 0.231 e. The van der Waals surface area contributed by atoms with Crippen molar-refractivity contribution in [3.8, 4) is 23.0 Å². The van der Waals surface area contributed by atoms with Crippen LogP contribution in [0.2, 0.25) is 0 Å². The summed E-state index contributed by atoms with van der Waals surface area (Å²) in [6, 6.07) is 10.7. The van der Waals surface area contributed by atoms with Crippen molar-refractivity contribution in [2.24, 2.45) is 0 Å². The van der Waals surface area contributed by atoms with Gasteiger partial charge in [-0.3, -0.25) is 4.79 Å². The zero-order chi connectivity index (χ0) is 17.1. The monoisotopic (exact) mass is 326 g/mol. The topological polar surface area (TPSA) is 54.0 Å². The molecule has 0 radical (unpaired) electrons. The summed E-state index contributed by atoms with van der Waals surface area (Å²) < 4.78 is 21.8. The van der Waals surface area contributed by atoms with Crippen molar-refractivity contribution in [1.82, 2.24) is 0 Å². The van der Waals surface area contributed by atoms with Crippen LogP contribution in [0.3, 0.4) is 0 Å². The first-order chi connectivity index (χ1) is 11.7. The average Bonchev–Trinajstić information content (AvgIpc) is 2.90. The van der Waals surface area contributed by atoms with E-state index in [-0.39, 0.29) is 11.5 Å². The van der Waals surface area contributed by atoms with Gasteiger partial charge in [0.15, 0.2) is 17.3 Å². The quantitative estimate of drug-likeness (QED) is 0.784. The highest BCUT2D eigenvalue weighted by Gasteiger charge is 2.28. The Bertz CT molecular complexity index is 807. The van der Waals surface area contributed by atoms with Crippen LogP contribution >= 0.6 is 0 Å². The number of para-hydroxylation sites is 1. The number of ether oxygens (including phenoxy) is 4. The first-order valence-corrected chi connectivity index (χ1v) is 7.60. The van der Waals surface area contributed by atoms with Crippen molar-refractivity contribution >= 4 is 11.9 Å². The van der Waals surface area contributed by atoms with Gasteiger partial charge >= 0.3 is 0 Å². The van der Waals surface area contributed by atoms with Crippen molar-refractivity contribution < 1.29 is 23.7 Å².